The Hall–Kier alpha value is -2.85. The Morgan fingerprint density at radius 1 is 1.00 bits per heavy atom. The zero-order valence-electron chi connectivity index (χ0n) is 12.6. The number of carbonyl (C=O) groups is 2. The van der Waals surface area contributed by atoms with Crippen LogP contribution in [0.5, 0.6) is 0 Å². The summed E-state index contributed by atoms with van der Waals surface area (Å²) in [5.74, 6) is 0.416. The van der Waals surface area contributed by atoms with Gasteiger partial charge in [-0.2, -0.15) is 0 Å². The molecule has 120 valence electrons. The number of hydrogen-bond donors (Lipinski definition) is 0. The summed E-state index contributed by atoms with van der Waals surface area (Å²) in [7, 11) is 0. The molecule has 24 heavy (non-hydrogen) atoms. The highest BCUT2D eigenvalue weighted by Crippen LogP contribution is 2.22. The number of carbonyl (C=O) groups excluding carboxylic acids is 2. The largest absolute Gasteiger partial charge is 0.457 e. The summed E-state index contributed by atoms with van der Waals surface area (Å²) >= 11 is 5.81. The Morgan fingerprint density at radius 3 is 2.33 bits per heavy atom. The minimum absolute atomic E-state index is 0.179. The van der Waals surface area contributed by atoms with Gasteiger partial charge in [0.2, 0.25) is 0 Å². The van der Waals surface area contributed by atoms with Crippen LogP contribution in [-0.2, 0) is 11.3 Å². The van der Waals surface area contributed by atoms with E-state index in [1.807, 2.05) is 0 Å². The van der Waals surface area contributed by atoms with Crippen LogP contribution in [0.1, 0.15) is 26.5 Å². The summed E-state index contributed by atoms with van der Waals surface area (Å²) in [6.45, 7) is 0.179. The zero-order chi connectivity index (χ0) is 16.9. The van der Waals surface area contributed by atoms with E-state index in [1.54, 1.807) is 60.7 Å². The Kier molecular flexibility index (Phi) is 4.77. The Morgan fingerprint density at radius 2 is 1.71 bits per heavy atom. The average molecular weight is 341 g/mol. The lowest BCUT2D eigenvalue weighted by Gasteiger charge is -2.06. The van der Waals surface area contributed by atoms with Gasteiger partial charge in [-0.25, -0.2) is 4.79 Å². The summed E-state index contributed by atoms with van der Waals surface area (Å²) in [4.78, 5) is 22.7. The highest BCUT2D eigenvalue weighted by atomic mass is 35.5. The lowest BCUT2D eigenvalue weighted by atomic mass is 10.1. The van der Waals surface area contributed by atoms with Crippen LogP contribution >= 0.6 is 11.6 Å². The van der Waals surface area contributed by atoms with Crippen LogP contribution in [-0.4, -0.2) is 12.3 Å². The monoisotopic (exact) mass is 340 g/mol. The fraction of sp³-hybridized carbons (Fsp3) is 0.0526. The van der Waals surface area contributed by atoms with Crippen molar-refractivity contribution in [3.05, 3.63) is 82.6 Å². The maximum atomic E-state index is 12.1. The number of furan rings is 1. The summed E-state index contributed by atoms with van der Waals surface area (Å²) < 4.78 is 10.6. The van der Waals surface area contributed by atoms with Gasteiger partial charge in [0.05, 0.1) is 5.56 Å². The molecule has 0 saturated carbocycles. The quantitative estimate of drug-likeness (QED) is 0.496. The van der Waals surface area contributed by atoms with Gasteiger partial charge in [-0.1, -0.05) is 35.9 Å². The van der Waals surface area contributed by atoms with Crippen molar-refractivity contribution in [2.45, 2.75) is 6.61 Å². The molecule has 0 unspecified atom stereocenters. The molecule has 0 aliphatic rings. The molecule has 0 saturated heterocycles. The molecule has 0 bridgehead atoms. The lowest BCUT2D eigenvalue weighted by molar-refractivity contribution is 0.0472. The van der Waals surface area contributed by atoms with Crippen molar-refractivity contribution in [1.29, 1.82) is 0 Å². The molecule has 0 aliphatic heterocycles. The molecule has 0 aliphatic carbocycles. The first-order valence-corrected chi connectivity index (χ1v) is 7.60. The first-order chi connectivity index (χ1) is 11.7. The van der Waals surface area contributed by atoms with Crippen LogP contribution in [0.2, 0.25) is 5.02 Å². The molecule has 0 N–H and O–H groups in total. The van der Waals surface area contributed by atoms with Gasteiger partial charge in [-0.15, -0.1) is 0 Å². The molecular weight excluding hydrogens is 328 g/mol. The molecule has 0 fully saturated rings. The van der Waals surface area contributed by atoms with Crippen LogP contribution in [0.15, 0.2) is 65.1 Å². The standard InChI is InChI=1S/C19H13ClO4/c20-16-7-1-13(2-8-16)12-23-19(22)15-5-3-14(4-6-15)18-10-9-17(11-21)24-18/h1-11H,12H2. The van der Waals surface area contributed by atoms with Crippen molar-refractivity contribution < 1.29 is 18.7 Å². The van der Waals surface area contributed by atoms with E-state index in [-0.39, 0.29) is 12.4 Å². The molecule has 4 nitrogen and oxygen atoms in total. The van der Waals surface area contributed by atoms with Crippen LogP contribution in [0.4, 0.5) is 0 Å². The topological polar surface area (TPSA) is 56.5 Å². The van der Waals surface area contributed by atoms with Gasteiger partial charge >= 0.3 is 5.97 Å². The van der Waals surface area contributed by atoms with E-state index in [2.05, 4.69) is 0 Å². The van der Waals surface area contributed by atoms with Gasteiger partial charge < -0.3 is 9.15 Å². The lowest BCUT2D eigenvalue weighted by Crippen LogP contribution is -2.05. The Bertz CT molecular complexity index is 848. The SMILES string of the molecule is O=Cc1ccc(-c2ccc(C(=O)OCc3ccc(Cl)cc3)cc2)o1. The predicted molar refractivity (Wildman–Crippen MR) is 90.1 cm³/mol. The van der Waals surface area contributed by atoms with Gasteiger partial charge in [0.25, 0.3) is 0 Å². The van der Waals surface area contributed by atoms with Crippen LogP contribution in [0, 0.1) is 0 Å². The van der Waals surface area contributed by atoms with Crippen LogP contribution < -0.4 is 0 Å². The molecule has 0 radical (unpaired) electrons. The Balaban J connectivity index is 1.65. The number of aldehydes is 1. The molecule has 5 heteroatoms. The van der Waals surface area contributed by atoms with E-state index in [0.29, 0.717) is 22.6 Å². The first kappa shape index (κ1) is 16.0. The van der Waals surface area contributed by atoms with Crippen molar-refractivity contribution in [3.63, 3.8) is 0 Å². The molecule has 3 rings (SSSR count). The number of rotatable bonds is 5. The zero-order valence-corrected chi connectivity index (χ0v) is 13.3. The van der Waals surface area contributed by atoms with Crippen molar-refractivity contribution in [3.8, 4) is 11.3 Å². The number of halogens is 1. The summed E-state index contributed by atoms with van der Waals surface area (Å²) in [5, 5.41) is 0.635. The van der Waals surface area contributed by atoms with Crippen molar-refractivity contribution >= 4 is 23.9 Å². The third-order valence-corrected chi connectivity index (χ3v) is 3.68. The number of esters is 1. The fourth-order valence-corrected chi connectivity index (χ4v) is 2.28. The number of ether oxygens (including phenoxy) is 1. The summed E-state index contributed by atoms with van der Waals surface area (Å²) in [6, 6.07) is 17.2. The second-order valence-electron chi connectivity index (χ2n) is 5.10. The van der Waals surface area contributed by atoms with Crippen molar-refractivity contribution in [2.24, 2.45) is 0 Å². The second-order valence-corrected chi connectivity index (χ2v) is 5.54. The molecule has 1 heterocycles. The average Bonchev–Trinajstić information content (AvgIpc) is 3.10. The molecule has 2 aromatic carbocycles. The van der Waals surface area contributed by atoms with E-state index in [9.17, 15) is 9.59 Å². The molecule has 0 amide bonds. The van der Waals surface area contributed by atoms with Crippen LogP contribution in [0.25, 0.3) is 11.3 Å². The fourth-order valence-electron chi connectivity index (χ4n) is 2.15. The van der Waals surface area contributed by atoms with Gasteiger partial charge in [0.15, 0.2) is 12.0 Å². The molecule has 0 atom stereocenters. The highest BCUT2D eigenvalue weighted by molar-refractivity contribution is 6.30. The van der Waals surface area contributed by atoms with Crippen molar-refractivity contribution in [1.82, 2.24) is 0 Å². The molecule has 1 aromatic heterocycles. The third kappa shape index (κ3) is 3.73. The number of hydrogen-bond acceptors (Lipinski definition) is 4. The van der Waals surface area contributed by atoms with Crippen molar-refractivity contribution in [2.75, 3.05) is 0 Å². The molecule has 3 aromatic rings. The molecular formula is C19H13ClO4. The van der Waals surface area contributed by atoms with E-state index in [4.69, 9.17) is 20.8 Å². The Labute approximate surface area is 143 Å². The summed E-state index contributed by atoms with van der Waals surface area (Å²) in [5.41, 5.74) is 2.08. The minimum atomic E-state index is -0.412. The third-order valence-electron chi connectivity index (χ3n) is 3.43. The van der Waals surface area contributed by atoms with E-state index in [1.165, 1.54) is 0 Å². The van der Waals surface area contributed by atoms with Gasteiger partial charge in [0.1, 0.15) is 12.4 Å². The van der Waals surface area contributed by atoms with Gasteiger partial charge in [-0.05, 0) is 42.0 Å². The van der Waals surface area contributed by atoms with E-state index in [0.717, 1.165) is 11.1 Å². The predicted octanol–water partition coefficient (Wildman–Crippen LogP) is 4.77. The normalized spacial score (nSPS) is 10.4. The molecule has 0 spiro atoms. The maximum Gasteiger partial charge on any atom is 0.338 e. The first-order valence-electron chi connectivity index (χ1n) is 7.23. The van der Waals surface area contributed by atoms with Gasteiger partial charge in [0, 0.05) is 10.6 Å². The van der Waals surface area contributed by atoms with Crippen LogP contribution in [0.3, 0.4) is 0 Å². The van der Waals surface area contributed by atoms with E-state index >= 15 is 0 Å². The summed E-state index contributed by atoms with van der Waals surface area (Å²) in [6.07, 6.45) is 0.645. The smallest absolute Gasteiger partial charge is 0.338 e. The van der Waals surface area contributed by atoms with E-state index < -0.39 is 5.97 Å². The van der Waals surface area contributed by atoms with Gasteiger partial charge in [-0.3, -0.25) is 4.79 Å². The number of benzene rings is 2. The maximum absolute atomic E-state index is 12.1. The minimum Gasteiger partial charge on any atom is -0.457 e. The highest BCUT2D eigenvalue weighted by Gasteiger charge is 2.09. The second kappa shape index (κ2) is 7.15.